The van der Waals surface area contributed by atoms with Gasteiger partial charge >= 0.3 is 0 Å². The Morgan fingerprint density at radius 3 is 2.40 bits per heavy atom. The van der Waals surface area contributed by atoms with Gasteiger partial charge in [0.2, 0.25) is 0 Å². The number of aliphatic hydroxyl groups excluding tert-OH is 1. The van der Waals surface area contributed by atoms with Gasteiger partial charge in [-0.05, 0) is 6.92 Å². The van der Waals surface area contributed by atoms with Crippen LogP contribution in [0.5, 0.6) is 0 Å². The van der Waals surface area contributed by atoms with Crippen molar-refractivity contribution in [3.05, 3.63) is 0 Å². The van der Waals surface area contributed by atoms with Crippen LogP contribution in [0.2, 0.25) is 0 Å². The van der Waals surface area contributed by atoms with Crippen LogP contribution in [0.1, 0.15) is 13.8 Å². The van der Waals surface area contributed by atoms with Gasteiger partial charge < -0.3 is 15.9 Å². The number of nitrogens with two attached hydrogens (primary N) is 1. The van der Waals surface area contributed by atoms with Crippen LogP contribution in [0.25, 0.3) is 0 Å². The molecule has 4 heteroatoms. The first-order valence-corrected chi connectivity index (χ1v) is 3.16. The van der Waals surface area contributed by atoms with Gasteiger partial charge in [0.25, 0.3) is 0 Å². The minimum atomic E-state index is -1.30. The summed E-state index contributed by atoms with van der Waals surface area (Å²) >= 11 is 0. The molecule has 0 saturated carbocycles. The molecule has 0 fully saturated rings. The number of amidine groups is 1. The molecule has 0 spiro atoms. The second kappa shape index (κ2) is 4.24. The largest absolute Gasteiger partial charge is 0.388 e. The lowest BCUT2D eigenvalue weighted by Gasteiger charge is -2.09. The average molecular weight is 146 g/mol. The van der Waals surface area contributed by atoms with Gasteiger partial charge in [-0.15, -0.1) is 0 Å². The Morgan fingerprint density at radius 1 is 1.60 bits per heavy atom. The normalized spacial score (nSPS) is 15.9. The predicted octanol–water partition coefficient (Wildman–Crippen LogP) is -0.690. The van der Waals surface area contributed by atoms with Crippen LogP contribution in [0, 0.1) is 5.92 Å². The van der Waals surface area contributed by atoms with Crippen LogP contribution in [-0.2, 0) is 0 Å². The highest BCUT2D eigenvalue weighted by atomic mass is 16.5. The number of hydrogen-bond donors (Lipinski definition) is 3. The quantitative estimate of drug-likeness (QED) is 0.280. The molecule has 0 aromatic carbocycles. The van der Waals surface area contributed by atoms with E-state index in [1.54, 1.807) is 13.8 Å². The van der Waals surface area contributed by atoms with E-state index in [4.69, 9.17) is 15.9 Å². The molecule has 1 atom stereocenters. The highest BCUT2D eigenvalue weighted by molar-refractivity contribution is 5.77. The maximum absolute atomic E-state index is 8.58. The Labute approximate surface area is 60.4 Å². The van der Waals surface area contributed by atoms with E-state index in [1.165, 1.54) is 0 Å². The van der Waals surface area contributed by atoms with Gasteiger partial charge in [-0.25, -0.2) is 0 Å². The zero-order valence-electron chi connectivity index (χ0n) is 6.28. The van der Waals surface area contributed by atoms with E-state index in [1.807, 2.05) is 0 Å². The Morgan fingerprint density at radius 2 is 2.10 bits per heavy atom. The molecule has 1 unspecified atom stereocenters. The number of nitrogens with zero attached hydrogens (tertiary/aromatic N) is 1. The van der Waals surface area contributed by atoms with Crippen LogP contribution in [0.3, 0.4) is 0 Å². The summed E-state index contributed by atoms with van der Waals surface area (Å²) in [7, 11) is 0. The van der Waals surface area contributed by atoms with Gasteiger partial charge in [0, 0.05) is 12.5 Å². The number of rotatable bonds is 3. The number of hydrogen-bond acceptors (Lipinski definition) is 3. The van der Waals surface area contributed by atoms with Crippen LogP contribution in [0.4, 0.5) is 0 Å². The lowest BCUT2D eigenvalue weighted by Crippen LogP contribution is -2.20. The summed E-state index contributed by atoms with van der Waals surface area (Å²) in [5.74, 6) is 0.214. The molecule has 0 radical (unpaired) electrons. The van der Waals surface area contributed by atoms with Crippen molar-refractivity contribution in [3.63, 3.8) is 0 Å². The zero-order chi connectivity index (χ0) is 8.15. The van der Waals surface area contributed by atoms with Gasteiger partial charge in [-0.3, -0.25) is 4.99 Å². The molecule has 10 heavy (non-hydrogen) atoms. The molecule has 0 rings (SSSR count). The van der Waals surface area contributed by atoms with Crippen LogP contribution >= 0.6 is 0 Å². The first-order valence-electron chi connectivity index (χ1n) is 3.16. The van der Waals surface area contributed by atoms with E-state index in [2.05, 4.69) is 4.99 Å². The highest BCUT2D eigenvalue weighted by Gasteiger charge is 2.08. The Bertz CT molecular complexity index is 119. The van der Waals surface area contributed by atoms with Crippen molar-refractivity contribution in [2.45, 2.75) is 20.1 Å². The van der Waals surface area contributed by atoms with Gasteiger partial charge in [0.05, 0.1) is 5.84 Å². The van der Waals surface area contributed by atoms with Crippen LogP contribution in [0.15, 0.2) is 4.99 Å². The lowest BCUT2D eigenvalue weighted by molar-refractivity contribution is -0.0753. The summed E-state index contributed by atoms with van der Waals surface area (Å²) in [6, 6.07) is 0. The minimum Gasteiger partial charge on any atom is -0.388 e. The predicted molar refractivity (Wildman–Crippen MR) is 39.6 cm³/mol. The fraction of sp³-hybridized carbons (Fsp3) is 0.833. The Hall–Kier alpha value is -0.610. The fourth-order valence-corrected chi connectivity index (χ4v) is 0.382. The third kappa shape index (κ3) is 4.29. The van der Waals surface area contributed by atoms with Crippen molar-refractivity contribution in [2.24, 2.45) is 16.6 Å². The van der Waals surface area contributed by atoms with E-state index in [0.717, 1.165) is 0 Å². The van der Waals surface area contributed by atoms with Gasteiger partial charge in [-0.1, -0.05) is 6.92 Å². The summed E-state index contributed by atoms with van der Waals surface area (Å²) in [5, 5.41) is 17.2. The standard InChI is InChI=1S/C6H14N2O2/c1-4(6(9)10)3-8-5(2)7/h4,6,9-10H,3H2,1-2H3,(H2,7,8). The molecule has 0 saturated heterocycles. The monoisotopic (exact) mass is 146 g/mol. The number of aliphatic imine (C=N–C) groups is 1. The van der Waals surface area contributed by atoms with Crippen LogP contribution in [-0.4, -0.2) is 28.9 Å². The average Bonchev–Trinajstić information content (AvgIpc) is 1.82. The highest BCUT2D eigenvalue weighted by Crippen LogP contribution is 1.99. The minimum absolute atomic E-state index is 0.251. The van der Waals surface area contributed by atoms with Crippen molar-refractivity contribution in [1.29, 1.82) is 0 Å². The maximum Gasteiger partial charge on any atom is 0.155 e. The lowest BCUT2D eigenvalue weighted by atomic mass is 10.2. The number of aliphatic hydroxyl groups is 2. The summed E-state index contributed by atoms with van der Waals surface area (Å²) in [6.07, 6.45) is -1.30. The molecule has 4 nitrogen and oxygen atoms in total. The smallest absolute Gasteiger partial charge is 0.155 e. The molecule has 0 amide bonds. The van der Waals surface area contributed by atoms with Gasteiger partial charge in [0.15, 0.2) is 6.29 Å². The van der Waals surface area contributed by atoms with Crippen molar-refractivity contribution in [1.82, 2.24) is 0 Å². The summed E-state index contributed by atoms with van der Waals surface area (Å²) < 4.78 is 0. The van der Waals surface area contributed by atoms with E-state index < -0.39 is 6.29 Å². The molecule has 0 aromatic heterocycles. The van der Waals surface area contributed by atoms with E-state index in [-0.39, 0.29) is 5.92 Å². The summed E-state index contributed by atoms with van der Waals surface area (Å²) in [4.78, 5) is 3.82. The third-order valence-corrected chi connectivity index (χ3v) is 1.14. The van der Waals surface area contributed by atoms with E-state index in [0.29, 0.717) is 12.4 Å². The zero-order valence-corrected chi connectivity index (χ0v) is 6.28. The van der Waals surface area contributed by atoms with Crippen molar-refractivity contribution >= 4 is 5.84 Å². The molecule has 0 aliphatic rings. The molecule has 0 aliphatic carbocycles. The Kier molecular flexibility index (Phi) is 3.99. The molecule has 0 aromatic rings. The first-order chi connectivity index (χ1) is 4.54. The molecule has 0 bridgehead atoms. The first kappa shape index (κ1) is 9.39. The van der Waals surface area contributed by atoms with Crippen LogP contribution < -0.4 is 5.73 Å². The second-order valence-electron chi connectivity index (χ2n) is 2.37. The van der Waals surface area contributed by atoms with E-state index >= 15 is 0 Å². The fourth-order valence-electron chi connectivity index (χ4n) is 0.382. The second-order valence-corrected chi connectivity index (χ2v) is 2.37. The van der Waals surface area contributed by atoms with Crippen molar-refractivity contribution in [2.75, 3.05) is 6.54 Å². The molecule has 0 aliphatic heterocycles. The topological polar surface area (TPSA) is 78.8 Å². The van der Waals surface area contributed by atoms with E-state index in [9.17, 15) is 0 Å². The van der Waals surface area contributed by atoms with Crippen molar-refractivity contribution in [3.8, 4) is 0 Å². The van der Waals surface area contributed by atoms with Gasteiger partial charge in [-0.2, -0.15) is 0 Å². The van der Waals surface area contributed by atoms with Crippen molar-refractivity contribution < 1.29 is 10.2 Å². The SMILES string of the molecule is CC(N)=NCC(C)C(O)O. The molecule has 4 N–H and O–H groups in total. The molecule has 0 heterocycles. The molecular weight excluding hydrogens is 132 g/mol. The Balaban J connectivity index is 3.59. The summed E-state index contributed by atoms with van der Waals surface area (Å²) in [6.45, 7) is 3.72. The molecule has 60 valence electrons. The van der Waals surface area contributed by atoms with Gasteiger partial charge in [0.1, 0.15) is 0 Å². The molecular formula is C6H14N2O2. The third-order valence-electron chi connectivity index (χ3n) is 1.14. The summed E-state index contributed by atoms with van der Waals surface area (Å²) in [5.41, 5.74) is 5.23. The maximum atomic E-state index is 8.58.